The van der Waals surface area contributed by atoms with E-state index in [0.29, 0.717) is 0 Å². The number of benzene rings is 1. The molecule has 96 valence electrons. The molecule has 1 rings (SSSR count). The zero-order valence-corrected chi connectivity index (χ0v) is 11.9. The Labute approximate surface area is 106 Å². The minimum atomic E-state index is -0.648. The Morgan fingerprint density at radius 1 is 0.941 bits per heavy atom. The van der Waals surface area contributed by atoms with Gasteiger partial charge in [0.1, 0.15) is 0 Å². The van der Waals surface area contributed by atoms with Crippen molar-refractivity contribution in [3.05, 3.63) is 35.4 Å². The third-order valence-corrected chi connectivity index (χ3v) is 3.54. The van der Waals surface area contributed by atoms with Crippen LogP contribution in [-0.2, 0) is 11.0 Å². The highest BCUT2D eigenvalue weighted by atomic mass is 16.3. The first-order valence-electron chi connectivity index (χ1n) is 6.67. The van der Waals surface area contributed by atoms with Gasteiger partial charge >= 0.3 is 0 Å². The summed E-state index contributed by atoms with van der Waals surface area (Å²) >= 11 is 0. The molecule has 1 nitrogen and oxygen atoms in total. The van der Waals surface area contributed by atoms with E-state index in [2.05, 4.69) is 52.0 Å². The molecule has 0 fully saturated rings. The van der Waals surface area contributed by atoms with Crippen LogP contribution in [0.1, 0.15) is 65.0 Å². The Bertz CT molecular complexity index is 345. The lowest BCUT2D eigenvalue weighted by atomic mass is 9.82. The summed E-state index contributed by atoms with van der Waals surface area (Å²) in [7, 11) is 0. The Balaban J connectivity index is 3.01. The summed E-state index contributed by atoms with van der Waals surface area (Å²) in [4.78, 5) is 0. The van der Waals surface area contributed by atoms with Gasteiger partial charge in [0, 0.05) is 0 Å². The van der Waals surface area contributed by atoms with Crippen molar-refractivity contribution in [1.82, 2.24) is 0 Å². The molecule has 0 heterocycles. The molecule has 0 saturated heterocycles. The van der Waals surface area contributed by atoms with E-state index >= 15 is 0 Å². The van der Waals surface area contributed by atoms with E-state index in [-0.39, 0.29) is 5.41 Å². The fourth-order valence-electron chi connectivity index (χ4n) is 2.22. The van der Waals surface area contributed by atoms with Gasteiger partial charge in [-0.2, -0.15) is 0 Å². The number of hydrogen-bond donors (Lipinski definition) is 1. The first kappa shape index (κ1) is 14.2. The lowest BCUT2D eigenvalue weighted by molar-refractivity contribution is 0.0226. The molecule has 0 saturated carbocycles. The quantitative estimate of drug-likeness (QED) is 0.819. The van der Waals surface area contributed by atoms with Crippen LogP contribution in [0, 0.1) is 0 Å². The van der Waals surface area contributed by atoms with Crippen LogP contribution in [0.3, 0.4) is 0 Å². The SMILES string of the molecule is CCCC(O)(CC)c1ccc(C(C)(C)C)cc1. The second kappa shape index (κ2) is 5.22. The molecule has 0 bridgehead atoms. The molecule has 1 N–H and O–H groups in total. The molecule has 17 heavy (non-hydrogen) atoms. The number of aliphatic hydroxyl groups is 1. The van der Waals surface area contributed by atoms with Gasteiger partial charge in [0.25, 0.3) is 0 Å². The van der Waals surface area contributed by atoms with E-state index in [1.807, 2.05) is 6.92 Å². The van der Waals surface area contributed by atoms with Crippen molar-refractivity contribution in [2.45, 2.75) is 64.9 Å². The van der Waals surface area contributed by atoms with E-state index in [9.17, 15) is 5.11 Å². The van der Waals surface area contributed by atoms with Crippen LogP contribution in [0.15, 0.2) is 24.3 Å². The van der Waals surface area contributed by atoms with Crippen molar-refractivity contribution < 1.29 is 5.11 Å². The summed E-state index contributed by atoms with van der Waals surface area (Å²) in [5.41, 5.74) is 1.89. The average molecular weight is 234 g/mol. The molecule has 1 heteroatoms. The van der Waals surface area contributed by atoms with Gasteiger partial charge in [0.05, 0.1) is 5.60 Å². The van der Waals surface area contributed by atoms with Crippen molar-refractivity contribution >= 4 is 0 Å². The molecule has 0 spiro atoms. The normalized spacial score (nSPS) is 15.6. The van der Waals surface area contributed by atoms with Gasteiger partial charge < -0.3 is 5.11 Å². The molecule has 0 amide bonds. The molecule has 0 aliphatic carbocycles. The second-order valence-corrected chi connectivity index (χ2v) is 5.96. The first-order chi connectivity index (χ1) is 7.83. The van der Waals surface area contributed by atoms with Crippen LogP contribution < -0.4 is 0 Å². The minimum absolute atomic E-state index is 0.174. The van der Waals surface area contributed by atoms with Crippen LogP contribution in [0.4, 0.5) is 0 Å². The number of rotatable bonds is 4. The van der Waals surface area contributed by atoms with E-state index in [1.54, 1.807) is 0 Å². The zero-order chi connectivity index (χ0) is 13.1. The summed E-state index contributed by atoms with van der Waals surface area (Å²) < 4.78 is 0. The topological polar surface area (TPSA) is 20.2 Å². The standard InChI is InChI=1S/C16H26O/c1-6-12-16(17,7-2)14-10-8-13(9-11-14)15(3,4)5/h8-11,17H,6-7,12H2,1-5H3. The second-order valence-electron chi connectivity index (χ2n) is 5.96. The maximum absolute atomic E-state index is 10.6. The highest BCUT2D eigenvalue weighted by Gasteiger charge is 2.26. The van der Waals surface area contributed by atoms with E-state index in [1.165, 1.54) is 5.56 Å². The third-order valence-electron chi connectivity index (χ3n) is 3.54. The third kappa shape index (κ3) is 3.32. The van der Waals surface area contributed by atoms with Crippen LogP contribution in [0.25, 0.3) is 0 Å². The first-order valence-corrected chi connectivity index (χ1v) is 6.67. The van der Waals surface area contributed by atoms with Gasteiger partial charge in [-0.1, -0.05) is 65.3 Å². The molecular weight excluding hydrogens is 208 g/mol. The summed E-state index contributed by atoms with van der Waals surface area (Å²) in [6.45, 7) is 10.8. The number of hydrogen-bond acceptors (Lipinski definition) is 1. The molecule has 1 unspecified atom stereocenters. The Morgan fingerprint density at radius 2 is 1.41 bits per heavy atom. The minimum Gasteiger partial charge on any atom is -0.385 e. The smallest absolute Gasteiger partial charge is 0.0893 e. The fourth-order valence-corrected chi connectivity index (χ4v) is 2.22. The van der Waals surface area contributed by atoms with Crippen LogP contribution in [-0.4, -0.2) is 5.11 Å². The molecular formula is C16H26O. The maximum Gasteiger partial charge on any atom is 0.0893 e. The van der Waals surface area contributed by atoms with Crippen molar-refractivity contribution in [3.8, 4) is 0 Å². The predicted octanol–water partition coefficient (Wildman–Crippen LogP) is 4.38. The highest BCUT2D eigenvalue weighted by Crippen LogP contribution is 2.31. The summed E-state index contributed by atoms with van der Waals surface area (Å²) in [5, 5.41) is 10.6. The monoisotopic (exact) mass is 234 g/mol. The molecule has 1 atom stereocenters. The van der Waals surface area contributed by atoms with E-state index in [0.717, 1.165) is 24.8 Å². The van der Waals surface area contributed by atoms with Gasteiger partial charge in [-0.25, -0.2) is 0 Å². The molecule has 0 aliphatic rings. The molecule has 1 aromatic carbocycles. The zero-order valence-electron chi connectivity index (χ0n) is 11.9. The molecule has 0 aromatic heterocycles. The van der Waals surface area contributed by atoms with Crippen molar-refractivity contribution in [3.63, 3.8) is 0 Å². The summed E-state index contributed by atoms with van der Waals surface area (Å²) in [5.74, 6) is 0. The van der Waals surface area contributed by atoms with Crippen LogP contribution in [0.2, 0.25) is 0 Å². The van der Waals surface area contributed by atoms with Gasteiger partial charge in [-0.3, -0.25) is 0 Å². The lowest BCUT2D eigenvalue weighted by Crippen LogP contribution is -2.24. The summed E-state index contributed by atoms with van der Waals surface area (Å²) in [6.07, 6.45) is 2.61. The highest BCUT2D eigenvalue weighted by molar-refractivity contribution is 5.30. The molecule has 0 radical (unpaired) electrons. The Morgan fingerprint density at radius 3 is 1.76 bits per heavy atom. The largest absolute Gasteiger partial charge is 0.385 e. The summed E-state index contributed by atoms with van der Waals surface area (Å²) in [6, 6.07) is 8.46. The lowest BCUT2D eigenvalue weighted by Gasteiger charge is -2.28. The van der Waals surface area contributed by atoms with Gasteiger partial charge in [-0.05, 0) is 29.4 Å². The van der Waals surface area contributed by atoms with Gasteiger partial charge in [0.15, 0.2) is 0 Å². The fraction of sp³-hybridized carbons (Fsp3) is 0.625. The van der Waals surface area contributed by atoms with Crippen molar-refractivity contribution in [1.29, 1.82) is 0 Å². The van der Waals surface area contributed by atoms with Gasteiger partial charge in [-0.15, -0.1) is 0 Å². The Kier molecular flexibility index (Phi) is 4.37. The predicted molar refractivity (Wildman–Crippen MR) is 74.2 cm³/mol. The van der Waals surface area contributed by atoms with E-state index in [4.69, 9.17) is 0 Å². The van der Waals surface area contributed by atoms with E-state index < -0.39 is 5.60 Å². The maximum atomic E-state index is 10.6. The van der Waals surface area contributed by atoms with Crippen molar-refractivity contribution in [2.75, 3.05) is 0 Å². The van der Waals surface area contributed by atoms with Gasteiger partial charge in [0.2, 0.25) is 0 Å². The average Bonchev–Trinajstić information content (AvgIpc) is 2.28. The molecule has 1 aromatic rings. The van der Waals surface area contributed by atoms with Crippen LogP contribution in [0.5, 0.6) is 0 Å². The molecule has 0 aliphatic heterocycles. The van der Waals surface area contributed by atoms with Crippen LogP contribution >= 0.6 is 0 Å². The Hall–Kier alpha value is -0.820. The van der Waals surface area contributed by atoms with Crippen molar-refractivity contribution in [2.24, 2.45) is 0 Å².